The molecule has 3 aromatic rings. The largest absolute Gasteiger partial charge is 0.375 e. The van der Waals surface area contributed by atoms with E-state index in [0.717, 1.165) is 22.5 Å². The second-order valence-corrected chi connectivity index (χ2v) is 5.94. The fraction of sp³-hybridized carbons (Fsp3) is 0.0588. The lowest BCUT2D eigenvalue weighted by Gasteiger charge is -2.05. The summed E-state index contributed by atoms with van der Waals surface area (Å²) in [7, 11) is 0. The Hall–Kier alpha value is -2.73. The molecule has 0 unspecified atom stereocenters. The lowest BCUT2D eigenvalue weighted by molar-refractivity contribution is 0.0955. The molecule has 0 aliphatic carbocycles. The first kappa shape index (κ1) is 15.2. The molecule has 0 saturated carbocycles. The van der Waals surface area contributed by atoms with Crippen molar-refractivity contribution >= 4 is 22.4 Å². The van der Waals surface area contributed by atoms with Gasteiger partial charge in [0.2, 0.25) is 0 Å². The van der Waals surface area contributed by atoms with Gasteiger partial charge >= 0.3 is 0 Å². The number of nitrogen functional groups attached to an aromatic ring is 1. The highest BCUT2D eigenvalue weighted by atomic mass is 32.1. The number of halogens is 1. The van der Waals surface area contributed by atoms with Crippen LogP contribution in [-0.4, -0.2) is 10.9 Å². The Kier molecular flexibility index (Phi) is 4.34. The van der Waals surface area contributed by atoms with Crippen molar-refractivity contribution in [3.05, 3.63) is 70.9 Å². The average molecular weight is 327 g/mol. The maximum atomic E-state index is 12.9. The summed E-state index contributed by atoms with van der Waals surface area (Å²) >= 11 is 1.15. The Morgan fingerprint density at radius 1 is 1.13 bits per heavy atom. The summed E-state index contributed by atoms with van der Waals surface area (Å²) in [6.07, 6.45) is 0. The zero-order chi connectivity index (χ0) is 16.2. The van der Waals surface area contributed by atoms with E-state index in [4.69, 9.17) is 5.73 Å². The molecule has 0 aliphatic rings. The summed E-state index contributed by atoms with van der Waals surface area (Å²) in [5.74, 6) is -0.552. The van der Waals surface area contributed by atoms with Crippen LogP contribution in [0.5, 0.6) is 0 Å². The molecule has 116 valence electrons. The fourth-order valence-corrected chi connectivity index (χ4v) is 2.92. The SMILES string of the molecule is Nc1nc(-c2ccccc2)c(C(=O)NCc2ccc(F)cc2)s1. The Bertz CT molecular complexity index is 816. The number of thiazole rings is 1. The minimum atomic E-state index is -0.304. The summed E-state index contributed by atoms with van der Waals surface area (Å²) in [6.45, 7) is 0.311. The Morgan fingerprint density at radius 2 is 1.83 bits per heavy atom. The van der Waals surface area contributed by atoms with Crippen LogP contribution in [0.25, 0.3) is 11.3 Å². The van der Waals surface area contributed by atoms with Crippen molar-refractivity contribution in [3.63, 3.8) is 0 Å². The number of rotatable bonds is 4. The van der Waals surface area contributed by atoms with Gasteiger partial charge in [0.05, 0.1) is 5.69 Å². The first-order valence-electron chi connectivity index (χ1n) is 6.98. The Labute approximate surface area is 136 Å². The molecule has 0 atom stereocenters. The van der Waals surface area contributed by atoms with Crippen LogP contribution in [0.3, 0.4) is 0 Å². The van der Waals surface area contributed by atoms with E-state index in [1.807, 2.05) is 30.3 Å². The normalized spacial score (nSPS) is 10.5. The third-order valence-electron chi connectivity index (χ3n) is 3.26. The maximum absolute atomic E-state index is 12.9. The molecule has 1 aromatic heterocycles. The third kappa shape index (κ3) is 3.54. The highest BCUT2D eigenvalue weighted by Crippen LogP contribution is 2.29. The topological polar surface area (TPSA) is 68.0 Å². The molecule has 1 amide bonds. The van der Waals surface area contributed by atoms with Crippen molar-refractivity contribution in [1.29, 1.82) is 0 Å². The molecule has 23 heavy (non-hydrogen) atoms. The van der Waals surface area contributed by atoms with Gasteiger partial charge < -0.3 is 11.1 Å². The van der Waals surface area contributed by atoms with Crippen LogP contribution in [0.4, 0.5) is 9.52 Å². The van der Waals surface area contributed by atoms with Gasteiger partial charge in [-0.1, -0.05) is 53.8 Å². The number of amides is 1. The van der Waals surface area contributed by atoms with Gasteiger partial charge in [0.15, 0.2) is 5.13 Å². The minimum absolute atomic E-state index is 0.248. The molecule has 3 rings (SSSR count). The van der Waals surface area contributed by atoms with Gasteiger partial charge in [0.1, 0.15) is 10.7 Å². The van der Waals surface area contributed by atoms with E-state index in [0.29, 0.717) is 22.2 Å². The van der Waals surface area contributed by atoms with Crippen LogP contribution in [-0.2, 0) is 6.54 Å². The van der Waals surface area contributed by atoms with Gasteiger partial charge in [-0.15, -0.1) is 0 Å². The number of carbonyl (C=O) groups excluding carboxylic acids is 1. The lowest BCUT2D eigenvalue weighted by Crippen LogP contribution is -2.22. The minimum Gasteiger partial charge on any atom is -0.375 e. The van der Waals surface area contributed by atoms with E-state index < -0.39 is 0 Å². The molecule has 1 heterocycles. The molecule has 0 fully saturated rings. The zero-order valence-corrected chi connectivity index (χ0v) is 12.9. The Balaban J connectivity index is 1.79. The third-order valence-corrected chi connectivity index (χ3v) is 4.15. The highest BCUT2D eigenvalue weighted by Gasteiger charge is 2.18. The molecular formula is C17H14FN3OS. The summed E-state index contributed by atoms with van der Waals surface area (Å²) in [5, 5.41) is 3.15. The molecular weight excluding hydrogens is 313 g/mol. The van der Waals surface area contributed by atoms with Crippen molar-refractivity contribution in [2.24, 2.45) is 0 Å². The fourth-order valence-electron chi connectivity index (χ4n) is 2.15. The maximum Gasteiger partial charge on any atom is 0.264 e. The van der Waals surface area contributed by atoms with Crippen molar-refractivity contribution in [2.75, 3.05) is 5.73 Å². The van der Waals surface area contributed by atoms with Gasteiger partial charge in [-0.3, -0.25) is 4.79 Å². The van der Waals surface area contributed by atoms with Gasteiger partial charge in [-0.05, 0) is 17.7 Å². The standard InChI is InChI=1S/C17H14FN3OS/c18-13-8-6-11(7-9-13)10-20-16(22)15-14(21-17(19)23-15)12-4-2-1-3-5-12/h1-9H,10H2,(H2,19,21)(H,20,22). The lowest BCUT2D eigenvalue weighted by atomic mass is 10.1. The van der Waals surface area contributed by atoms with Crippen molar-refractivity contribution < 1.29 is 9.18 Å². The number of benzene rings is 2. The number of hydrogen-bond acceptors (Lipinski definition) is 4. The predicted octanol–water partition coefficient (Wildman–Crippen LogP) is 3.46. The molecule has 0 saturated heterocycles. The molecule has 0 spiro atoms. The van der Waals surface area contributed by atoms with Crippen LogP contribution in [0.15, 0.2) is 54.6 Å². The number of nitrogens with two attached hydrogens (primary N) is 1. The van der Waals surface area contributed by atoms with Gasteiger partial charge in [0.25, 0.3) is 5.91 Å². The van der Waals surface area contributed by atoms with Crippen LogP contribution in [0.2, 0.25) is 0 Å². The van der Waals surface area contributed by atoms with Gasteiger partial charge in [0, 0.05) is 12.1 Å². The number of aromatic nitrogens is 1. The Morgan fingerprint density at radius 3 is 2.52 bits per heavy atom. The number of anilines is 1. The molecule has 0 bridgehead atoms. The molecule has 6 heteroatoms. The second-order valence-electron chi connectivity index (χ2n) is 4.91. The molecule has 0 aliphatic heterocycles. The number of nitrogens with zero attached hydrogens (tertiary/aromatic N) is 1. The van der Waals surface area contributed by atoms with Crippen LogP contribution >= 0.6 is 11.3 Å². The monoisotopic (exact) mass is 327 g/mol. The first-order chi connectivity index (χ1) is 11.1. The van der Waals surface area contributed by atoms with Crippen LogP contribution in [0.1, 0.15) is 15.2 Å². The number of carbonyl (C=O) groups is 1. The van der Waals surface area contributed by atoms with E-state index in [2.05, 4.69) is 10.3 Å². The van der Waals surface area contributed by atoms with Gasteiger partial charge in [-0.25, -0.2) is 9.37 Å². The summed E-state index contributed by atoms with van der Waals surface area (Å²) in [6, 6.07) is 15.4. The summed E-state index contributed by atoms with van der Waals surface area (Å²) < 4.78 is 12.9. The molecule has 4 nitrogen and oxygen atoms in total. The van der Waals surface area contributed by atoms with Crippen molar-refractivity contribution in [1.82, 2.24) is 10.3 Å². The van der Waals surface area contributed by atoms with E-state index in [9.17, 15) is 9.18 Å². The smallest absolute Gasteiger partial charge is 0.264 e. The summed E-state index contributed by atoms with van der Waals surface area (Å²) in [4.78, 5) is 17.1. The van der Waals surface area contributed by atoms with Crippen molar-refractivity contribution in [2.45, 2.75) is 6.54 Å². The molecule has 0 radical (unpaired) electrons. The van der Waals surface area contributed by atoms with E-state index in [1.165, 1.54) is 12.1 Å². The molecule has 3 N–H and O–H groups in total. The van der Waals surface area contributed by atoms with E-state index in [-0.39, 0.29) is 11.7 Å². The van der Waals surface area contributed by atoms with Crippen LogP contribution < -0.4 is 11.1 Å². The zero-order valence-electron chi connectivity index (χ0n) is 12.1. The van der Waals surface area contributed by atoms with Crippen LogP contribution in [0, 0.1) is 5.82 Å². The molecule has 2 aromatic carbocycles. The van der Waals surface area contributed by atoms with Crippen molar-refractivity contribution in [3.8, 4) is 11.3 Å². The quantitative estimate of drug-likeness (QED) is 0.771. The van der Waals surface area contributed by atoms with E-state index >= 15 is 0 Å². The highest BCUT2D eigenvalue weighted by molar-refractivity contribution is 7.17. The number of nitrogens with one attached hydrogen (secondary N) is 1. The van der Waals surface area contributed by atoms with Gasteiger partial charge in [-0.2, -0.15) is 0 Å². The predicted molar refractivity (Wildman–Crippen MR) is 89.5 cm³/mol. The average Bonchev–Trinajstić information content (AvgIpc) is 2.97. The van der Waals surface area contributed by atoms with E-state index in [1.54, 1.807) is 12.1 Å². The first-order valence-corrected chi connectivity index (χ1v) is 7.79. The second kappa shape index (κ2) is 6.58. The summed E-state index contributed by atoms with van der Waals surface area (Å²) in [5.41, 5.74) is 8.00. The number of hydrogen-bond donors (Lipinski definition) is 2.